The van der Waals surface area contributed by atoms with E-state index in [0.717, 1.165) is 15.4 Å². The zero-order chi connectivity index (χ0) is 20.9. The van der Waals surface area contributed by atoms with Crippen LogP contribution < -0.4 is 16.1 Å². The molecule has 0 radical (unpaired) electrons. The fraction of sp³-hybridized carbons (Fsp3) is 0.615. The summed E-state index contributed by atoms with van der Waals surface area (Å²) in [5, 5.41) is 13.1. The van der Waals surface area contributed by atoms with E-state index in [9.17, 15) is 31.2 Å². The number of imidazole rings is 1. The molecular formula is C13H16F3N7O4S. The number of hydrogen-bond acceptors (Lipinski definition) is 7. The van der Waals surface area contributed by atoms with E-state index in [0.29, 0.717) is 0 Å². The van der Waals surface area contributed by atoms with E-state index in [2.05, 4.69) is 20.6 Å². The van der Waals surface area contributed by atoms with Gasteiger partial charge in [-0.25, -0.2) is 27.7 Å². The van der Waals surface area contributed by atoms with Crippen molar-refractivity contribution in [3.05, 3.63) is 22.5 Å². The van der Waals surface area contributed by atoms with Crippen molar-refractivity contribution in [3.8, 4) is 0 Å². The van der Waals surface area contributed by atoms with Crippen LogP contribution in [-0.2, 0) is 17.1 Å². The van der Waals surface area contributed by atoms with Gasteiger partial charge in [-0.2, -0.15) is 17.9 Å². The minimum Gasteiger partial charge on any atom is -0.348 e. The number of alkyl halides is 3. The second kappa shape index (κ2) is 6.80. The first-order chi connectivity index (χ1) is 12.9. The number of rotatable bonds is 3. The van der Waals surface area contributed by atoms with E-state index in [-0.39, 0.29) is 17.8 Å². The summed E-state index contributed by atoms with van der Waals surface area (Å²) < 4.78 is 64.5. The summed E-state index contributed by atoms with van der Waals surface area (Å²) in [4.78, 5) is 28.1. The van der Waals surface area contributed by atoms with Crippen LogP contribution in [0.2, 0.25) is 0 Å². The van der Waals surface area contributed by atoms with Gasteiger partial charge in [-0.15, -0.1) is 5.10 Å². The number of sulfonamides is 1. The molecule has 154 valence electrons. The molecule has 1 aliphatic rings. The van der Waals surface area contributed by atoms with Crippen LogP contribution in [0.15, 0.2) is 11.1 Å². The summed E-state index contributed by atoms with van der Waals surface area (Å²) in [5.74, 6) is -2.83. The van der Waals surface area contributed by atoms with Gasteiger partial charge in [0.05, 0.1) is 11.2 Å². The average molecular weight is 423 g/mol. The molecule has 0 spiro atoms. The fourth-order valence-corrected chi connectivity index (χ4v) is 4.22. The highest BCUT2D eigenvalue weighted by Crippen LogP contribution is 2.39. The zero-order valence-corrected chi connectivity index (χ0v) is 15.2. The van der Waals surface area contributed by atoms with Crippen molar-refractivity contribution >= 4 is 21.6 Å². The van der Waals surface area contributed by atoms with Crippen LogP contribution in [0.25, 0.3) is 5.65 Å². The molecule has 2 heterocycles. The summed E-state index contributed by atoms with van der Waals surface area (Å²) in [7, 11) is -2.89. The molecule has 1 saturated carbocycles. The molecule has 3 unspecified atom stereocenters. The van der Waals surface area contributed by atoms with E-state index < -0.39 is 57.8 Å². The Morgan fingerprint density at radius 1 is 1.32 bits per heavy atom. The van der Waals surface area contributed by atoms with Gasteiger partial charge in [-0.05, 0) is 19.3 Å². The largest absolute Gasteiger partial charge is 0.391 e. The zero-order valence-electron chi connectivity index (χ0n) is 14.4. The molecule has 3 N–H and O–H groups in total. The lowest BCUT2D eigenvalue weighted by Crippen LogP contribution is -2.49. The molecular weight excluding hydrogens is 407 g/mol. The van der Waals surface area contributed by atoms with Crippen molar-refractivity contribution in [3.63, 3.8) is 0 Å². The van der Waals surface area contributed by atoms with Gasteiger partial charge < -0.3 is 5.32 Å². The van der Waals surface area contributed by atoms with Crippen LogP contribution in [0.4, 0.5) is 13.2 Å². The molecule has 1 fully saturated rings. The Bertz CT molecular complexity index is 1080. The number of nitrogens with zero attached hydrogens (tertiary/aromatic N) is 5. The van der Waals surface area contributed by atoms with E-state index in [4.69, 9.17) is 5.14 Å². The van der Waals surface area contributed by atoms with Gasteiger partial charge in [0.2, 0.25) is 10.0 Å². The normalized spacial score (nSPS) is 23.7. The first-order valence-electron chi connectivity index (χ1n) is 8.04. The van der Waals surface area contributed by atoms with Gasteiger partial charge in [0.15, 0.2) is 11.3 Å². The maximum Gasteiger partial charge on any atom is 0.391 e. The van der Waals surface area contributed by atoms with E-state index in [1.807, 2.05) is 0 Å². The summed E-state index contributed by atoms with van der Waals surface area (Å²) >= 11 is 0. The second-order valence-electron chi connectivity index (χ2n) is 6.61. The number of carbonyl (C=O) groups excluding carboxylic acids is 1. The Morgan fingerprint density at radius 3 is 2.61 bits per heavy atom. The molecule has 3 rings (SSSR count). The Morgan fingerprint density at radius 2 is 2.00 bits per heavy atom. The third kappa shape index (κ3) is 3.84. The van der Waals surface area contributed by atoms with Crippen LogP contribution in [-0.4, -0.2) is 56.2 Å². The van der Waals surface area contributed by atoms with E-state index in [1.54, 1.807) is 0 Å². The van der Waals surface area contributed by atoms with E-state index in [1.165, 1.54) is 7.05 Å². The van der Waals surface area contributed by atoms with Gasteiger partial charge >= 0.3 is 11.9 Å². The number of nitrogens with one attached hydrogen (secondary N) is 1. The maximum atomic E-state index is 13.2. The number of halogens is 3. The van der Waals surface area contributed by atoms with Crippen LogP contribution >= 0.6 is 0 Å². The van der Waals surface area contributed by atoms with Gasteiger partial charge in [0.1, 0.15) is 6.33 Å². The Labute approximate surface area is 155 Å². The summed E-state index contributed by atoms with van der Waals surface area (Å²) in [5.41, 5.74) is -1.11. The van der Waals surface area contributed by atoms with Crippen LogP contribution in [0, 0.1) is 5.92 Å². The summed E-state index contributed by atoms with van der Waals surface area (Å²) in [6.45, 7) is 0. The van der Waals surface area contributed by atoms with Crippen LogP contribution in [0.3, 0.4) is 0 Å². The lowest BCUT2D eigenvalue weighted by atomic mass is 9.84. The van der Waals surface area contributed by atoms with Gasteiger partial charge in [-0.1, -0.05) is 5.21 Å². The molecule has 1 amide bonds. The van der Waals surface area contributed by atoms with Crippen LogP contribution in [0.1, 0.15) is 29.8 Å². The molecule has 3 atom stereocenters. The highest BCUT2D eigenvalue weighted by atomic mass is 32.2. The molecule has 11 nitrogen and oxygen atoms in total. The monoisotopic (exact) mass is 423 g/mol. The van der Waals surface area contributed by atoms with Crippen molar-refractivity contribution < 1.29 is 26.4 Å². The number of fused-ring (bicyclic) bond motifs is 1. The predicted octanol–water partition coefficient (Wildman–Crippen LogP) is -1.06. The van der Waals surface area contributed by atoms with Crippen molar-refractivity contribution in [1.29, 1.82) is 0 Å². The van der Waals surface area contributed by atoms with Gasteiger partial charge in [0, 0.05) is 13.1 Å². The molecule has 1 aliphatic carbocycles. The lowest BCUT2D eigenvalue weighted by molar-refractivity contribution is -0.183. The van der Waals surface area contributed by atoms with Gasteiger partial charge in [0.25, 0.3) is 5.91 Å². The molecule has 0 aromatic carbocycles. The predicted molar refractivity (Wildman–Crippen MR) is 87.6 cm³/mol. The van der Waals surface area contributed by atoms with Crippen molar-refractivity contribution in [2.24, 2.45) is 18.1 Å². The Hall–Kier alpha value is -2.55. The third-order valence-corrected chi connectivity index (χ3v) is 5.95. The van der Waals surface area contributed by atoms with Crippen LogP contribution in [0.5, 0.6) is 0 Å². The van der Waals surface area contributed by atoms with Crippen molar-refractivity contribution in [1.82, 2.24) is 29.7 Å². The smallest absolute Gasteiger partial charge is 0.348 e. The number of primary sulfonamides is 1. The lowest BCUT2D eigenvalue weighted by Gasteiger charge is -2.35. The number of amides is 1. The minimum absolute atomic E-state index is 0.174. The first kappa shape index (κ1) is 20.2. The Balaban J connectivity index is 1.86. The number of hydrogen-bond donors (Lipinski definition) is 2. The highest BCUT2D eigenvalue weighted by molar-refractivity contribution is 7.89. The SMILES string of the molecule is Cn1nnc2c(C(=O)NC3CC(C(F)(F)F)CC(S(N)(=O)=O)C3)ncn2c1=O. The standard InChI is InChI=1S/C13H16F3N7O4S/c1-22-12(25)23-5-18-9(10(23)20-21-22)11(24)19-7-2-6(13(14,15)16)3-8(4-7)28(17,26)27/h5-8H,2-4H2,1H3,(H,19,24)(H2,17,26,27). The molecule has 0 saturated heterocycles. The second-order valence-corrected chi connectivity index (χ2v) is 8.45. The average Bonchev–Trinajstić information content (AvgIpc) is 3.01. The highest BCUT2D eigenvalue weighted by Gasteiger charge is 2.47. The van der Waals surface area contributed by atoms with E-state index >= 15 is 0 Å². The molecule has 2 aromatic rings. The number of aromatic nitrogens is 5. The quantitative estimate of drug-likeness (QED) is 0.638. The third-order valence-electron chi connectivity index (χ3n) is 4.64. The van der Waals surface area contributed by atoms with Crippen molar-refractivity contribution in [2.45, 2.75) is 36.7 Å². The minimum atomic E-state index is -4.63. The number of carbonyl (C=O) groups is 1. The maximum absolute atomic E-state index is 13.2. The van der Waals surface area contributed by atoms with Gasteiger partial charge in [-0.3, -0.25) is 4.79 Å². The molecule has 28 heavy (non-hydrogen) atoms. The Kier molecular flexibility index (Phi) is 4.91. The first-order valence-corrected chi connectivity index (χ1v) is 9.65. The number of nitrogens with two attached hydrogens (primary N) is 1. The fourth-order valence-electron chi connectivity index (χ4n) is 3.22. The topological polar surface area (TPSA) is 154 Å². The molecule has 15 heteroatoms. The molecule has 2 aromatic heterocycles. The summed E-state index contributed by atoms with van der Waals surface area (Å²) in [6.07, 6.45) is -5.03. The number of aryl methyl sites for hydroxylation is 1. The van der Waals surface area contributed by atoms with Crippen molar-refractivity contribution in [2.75, 3.05) is 0 Å². The summed E-state index contributed by atoms with van der Waals surface area (Å²) in [6, 6.07) is -1.10. The molecule has 0 aliphatic heterocycles. The molecule has 0 bridgehead atoms.